The SMILES string of the molecule is CCNc1nccnc1-c1cccc(OC(C)C)c1. The minimum absolute atomic E-state index is 0.158. The van der Waals surface area contributed by atoms with Crippen molar-refractivity contribution < 1.29 is 4.74 Å². The maximum absolute atomic E-state index is 5.71. The van der Waals surface area contributed by atoms with Gasteiger partial charge in [-0.3, -0.25) is 4.98 Å². The zero-order chi connectivity index (χ0) is 13.7. The number of ether oxygens (including phenoxy) is 1. The Kier molecular flexibility index (Phi) is 4.34. The predicted octanol–water partition coefficient (Wildman–Crippen LogP) is 3.36. The van der Waals surface area contributed by atoms with Gasteiger partial charge in [-0.1, -0.05) is 12.1 Å². The van der Waals surface area contributed by atoms with Crippen LogP contribution in [0.1, 0.15) is 20.8 Å². The Labute approximate surface area is 113 Å². The van der Waals surface area contributed by atoms with Gasteiger partial charge in [0.15, 0.2) is 5.82 Å². The van der Waals surface area contributed by atoms with Gasteiger partial charge in [0.2, 0.25) is 0 Å². The molecule has 0 atom stereocenters. The van der Waals surface area contributed by atoms with Crippen molar-refractivity contribution in [2.75, 3.05) is 11.9 Å². The lowest BCUT2D eigenvalue weighted by Gasteiger charge is -2.12. The molecule has 19 heavy (non-hydrogen) atoms. The smallest absolute Gasteiger partial charge is 0.152 e. The molecule has 0 radical (unpaired) electrons. The Hall–Kier alpha value is -2.10. The Morgan fingerprint density at radius 2 is 2.00 bits per heavy atom. The average molecular weight is 257 g/mol. The third kappa shape index (κ3) is 3.44. The van der Waals surface area contributed by atoms with Crippen molar-refractivity contribution in [3.05, 3.63) is 36.7 Å². The lowest BCUT2D eigenvalue weighted by atomic mass is 10.1. The summed E-state index contributed by atoms with van der Waals surface area (Å²) in [7, 11) is 0. The van der Waals surface area contributed by atoms with E-state index < -0.39 is 0 Å². The summed E-state index contributed by atoms with van der Waals surface area (Å²) in [5.74, 6) is 1.65. The van der Waals surface area contributed by atoms with Crippen LogP contribution >= 0.6 is 0 Å². The normalized spacial score (nSPS) is 10.5. The molecule has 100 valence electrons. The molecule has 2 rings (SSSR count). The summed E-state index contributed by atoms with van der Waals surface area (Å²) in [4.78, 5) is 8.73. The van der Waals surface area contributed by atoms with Crippen LogP contribution < -0.4 is 10.1 Å². The first-order chi connectivity index (χ1) is 9.20. The number of anilines is 1. The summed E-state index contributed by atoms with van der Waals surface area (Å²) in [5.41, 5.74) is 1.85. The summed E-state index contributed by atoms with van der Waals surface area (Å²) >= 11 is 0. The molecular formula is C15H19N3O. The molecule has 1 N–H and O–H groups in total. The van der Waals surface area contributed by atoms with Crippen molar-refractivity contribution in [1.29, 1.82) is 0 Å². The van der Waals surface area contributed by atoms with E-state index in [1.807, 2.05) is 45.0 Å². The van der Waals surface area contributed by atoms with Crippen LogP contribution in [0.2, 0.25) is 0 Å². The molecule has 4 heteroatoms. The topological polar surface area (TPSA) is 47.0 Å². The monoisotopic (exact) mass is 257 g/mol. The first kappa shape index (κ1) is 13.3. The predicted molar refractivity (Wildman–Crippen MR) is 77.4 cm³/mol. The molecule has 0 aliphatic rings. The van der Waals surface area contributed by atoms with Gasteiger partial charge in [-0.05, 0) is 32.9 Å². The Balaban J connectivity index is 2.36. The number of nitrogens with zero attached hydrogens (tertiary/aromatic N) is 2. The second-order valence-corrected chi connectivity index (χ2v) is 4.48. The Morgan fingerprint density at radius 3 is 2.74 bits per heavy atom. The number of hydrogen-bond donors (Lipinski definition) is 1. The molecular weight excluding hydrogens is 238 g/mol. The van der Waals surface area contributed by atoms with E-state index in [0.29, 0.717) is 0 Å². The fraction of sp³-hybridized carbons (Fsp3) is 0.333. The molecule has 1 aromatic carbocycles. The number of nitrogens with one attached hydrogen (secondary N) is 1. The van der Waals surface area contributed by atoms with Crippen molar-refractivity contribution in [2.45, 2.75) is 26.9 Å². The van der Waals surface area contributed by atoms with E-state index in [1.54, 1.807) is 12.4 Å². The average Bonchev–Trinajstić information content (AvgIpc) is 2.39. The summed E-state index contributed by atoms with van der Waals surface area (Å²) in [6, 6.07) is 7.92. The van der Waals surface area contributed by atoms with Crippen LogP contribution in [-0.2, 0) is 0 Å². The number of hydrogen-bond acceptors (Lipinski definition) is 4. The van der Waals surface area contributed by atoms with Gasteiger partial charge >= 0.3 is 0 Å². The van der Waals surface area contributed by atoms with Gasteiger partial charge in [0.25, 0.3) is 0 Å². The largest absolute Gasteiger partial charge is 0.491 e. The maximum Gasteiger partial charge on any atom is 0.152 e. The van der Waals surface area contributed by atoms with Gasteiger partial charge in [0, 0.05) is 24.5 Å². The summed E-state index contributed by atoms with van der Waals surface area (Å²) < 4.78 is 5.71. The number of benzene rings is 1. The minimum atomic E-state index is 0.158. The van der Waals surface area contributed by atoms with Crippen molar-refractivity contribution in [3.8, 4) is 17.0 Å². The highest BCUT2D eigenvalue weighted by molar-refractivity contribution is 5.72. The van der Waals surface area contributed by atoms with E-state index >= 15 is 0 Å². The summed E-state index contributed by atoms with van der Waals surface area (Å²) in [6.45, 7) is 6.88. The van der Waals surface area contributed by atoms with Crippen LogP contribution in [0.5, 0.6) is 5.75 Å². The van der Waals surface area contributed by atoms with Gasteiger partial charge in [-0.2, -0.15) is 0 Å². The summed E-state index contributed by atoms with van der Waals surface area (Å²) in [5, 5.41) is 3.22. The van der Waals surface area contributed by atoms with E-state index in [0.717, 1.165) is 29.4 Å². The van der Waals surface area contributed by atoms with E-state index in [-0.39, 0.29) is 6.10 Å². The third-order valence-corrected chi connectivity index (χ3v) is 2.52. The van der Waals surface area contributed by atoms with Gasteiger partial charge in [0.1, 0.15) is 11.4 Å². The molecule has 1 aromatic heterocycles. The quantitative estimate of drug-likeness (QED) is 0.892. The van der Waals surface area contributed by atoms with Crippen LogP contribution in [0.25, 0.3) is 11.3 Å². The molecule has 0 aliphatic carbocycles. The Bertz CT molecular complexity index is 540. The van der Waals surface area contributed by atoms with Crippen molar-refractivity contribution >= 4 is 5.82 Å². The highest BCUT2D eigenvalue weighted by Crippen LogP contribution is 2.27. The fourth-order valence-electron chi connectivity index (χ4n) is 1.83. The van der Waals surface area contributed by atoms with Crippen molar-refractivity contribution in [3.63, 3.8) is 0 Å². The second-order valence-electron chi connectivity index (χ2n) is 4.48. The molecule has 0 saturated carbocycles. The van der Waals surface area contributed by atoms with Gasteiger partial charge in [0.05, 0.1) is 6.10 Å². The van der Waals surface area contributed by atoms with Crippen molar-refractivity contribution in [2.24, 2.45) is 0 Å². The maximum atomic E-state index is 5.71. The van der Waals surface area contributed by atoms with Gasteiger partial charge in [-0.25, -0.2) is 4.98 Å². The van der Waals surface area contributed by atoms with Crippen LogP contribution in [0.4, 0.5) is 5.82 Å². The Morgan fingerprint density at radius 1 is 1.21 bits per heavy atom. The van der Waals surface area contributed by atoms with Crippen molar-refractivity contribution in [1.82, 2.24) is 9.97 Å². The second kappa shape index (κ2) is 6.18. The molecule has 0 amide bonds. The number of aromatic nitrogens is 2. The highest BCUT2D eigenvalue weighted by atomic mass is 16.5. The minimum Gasteiger partial charge on any atom is -0.491 e. The standard InChI is InChI=1S/C15H19N3O/c1-4-16-15-14(17-8-9-18-15)12-6-5-7-13(10-12)19-11(2)3/h5-11H,4H2,1-3H3,(H,16,18). The molecule has 0 bridgehead atoms. The third-order valence-electron chi connectivity index (χ3n) is 2.52. The lowest BCUT2D eigenvalue weighted by Crippen LogP contribution is -2.06. The van der Waals surface area contributed by atoms with Crippen LogP contribution in [0.15, 0.2) is 36.7 Å². The molecule has 0 unspecified atom stereocenters. The molecule has 0 fully saturated rings. The first-order valence-electron chi connectivity index (χ1n) is 6.52. The van der Waals surface area contributed by atoms with E-state index in [9.17, 15) is 0 Å². The zero-order valence-corrected chi connectivity index (χ0v) is 11.6. The molecule has 0 saturated heterocycles. The molecule has 1 heterocycles. The van der Waals surface area contributed by atoms with Crippen LogP contribution in [0, 0.1) is 0 Å². The number of rotatable bonds is 5. The van der Waals surface area contributed by atoms with Gasteiger partial charge < -0.3 is 10.1 Å². The zero-order valence-electron chi connectivity index (χ0n) is 11.6. The lowest BCUT2D eigenvalue weighted by molar-refractivity contribution is 0.242. The van der Waals surface area contributed by atoms with Gasteiger partial charge in [-0.15, -0.1) is 0 Å². The molecule has 4 nitrogen and oxygen atoms in total. The van der Waals surface area contributed by atoms with Crippen LogP contribution in [-0.4, -0.2) is 22.6 Å². The first-order valence-corrected chi connectivity index (χ1v) is 6.52. The highest BCUT2D eigenvalue weighted by Gasteiger charge is 2.08. The van der Waals surface area contributed by atoms with E-state index in [2.05, 4.69) is 15.3 Å². The fourth-order valence-corrected chi connectivity index (χ4v) is 1.83. The molecule has 0 spiro atoms. The van der Waals surface area contributed by atoms with E-state index in [4.69, 9.17) is 4.74 Å². The van der Waals surface area contributed by atoms with E-state index in [1.165, 1.54) is 0 Å². The molecule has 0 aliphatic heterocycles. The van der Waals surface area contributed by atoms with Crippen LogP contribution in [0.3, 0.4) is 0 Å². The molecule has 2 aromatic rings. The summed E-state index contributed by atoms with van der Waals surface area (Å²) in [6.07, 6.45) is 3.55.